The van der Waals surface area contributed by atoms with Gasteiger partial charge in [-0.25, -0.2) is 0 Å². The van der Waals surface area contributed by atoms with Crippen LogP contribution >= 0.6 is 0 Å². The van der Waals surface area contributed by atoms with E-state index < -0.39 is 0 Å². The molecule has 1 aromatic carbocycles. The van der Waals surface area contributed by atoms with Crippen molar-refractivity contribution >= 4 is 0 Å². The predicted molar refractivity (Wildman–Crippen MR) is 76.9 cm³/mol. The van der Waals surface area contributed by atoms with Crippen LogP contribution in [0.25, 0.3) is 0 Å². The van der Waals surface area contributed by atoms with E-state index in [0.717, 1.165) is 29.3 Å². The number of aryl methyl sites for hydroxylation is 1. The van der Waals surface area contributed by atoms with Crippen LogP contribution in [-0.4, -0.2) is 17.7 Å². The van der Waals surface area contributed by atoms with Crippen molar-refractivity contribution in [1.29, 1.82) is 0 Å². The zero-order valence-corrected chi connectivity index (χ0v) is 11.5. The van der Waals surface area contributed by atoms with Crippen molar-refractivity contribution in [3.63, 3.8) is 0 Å². The first-order valence-electron chi connectivity index (χ1n) is 6.80. The molecule has 0 aliphatic carbocycles. The van der Waals surface area contributed by atoms with E-state index in [2.05, 4.69) is 11.1 Å². The number of hydrogen-bond acceptors (Lipinski definition) is 4. The summed E-state index contributed by atoms with van der Waals surface area (Å²) in [5.74, 6) is 1.71. The SMILES string of the molecule is Cc1ccc(OCC2Cc3ccccc3O2)c(CN)n1. The lowest BCUT2D eigenvalue weighted by Gasteiger charge is -2.14. The molecule has 0 saturated heterocycles. The molecule has 1 aliphatic heterocycles. The molecule has 2 heterocycles. The number of fused-ring (bicyclic) bond motifs is 1. The average Bonchev–Trinajstić information content (AvgIpc) is 2.88. The molecule has 0 saturated carbocycles. The topological polar surface area (TPSA) is 57.4 Å². The Balaban J connectivity index is 1.64. The number of ether oxygens (including phenoxy) is 2. The van der Waals surface area contributed by atoms with E-state index in [1.165, 1.54) is 5.56 Å². The highest BCUT2D eigenvalue weighted by Crippen LogP contribution is 2.28. The van der Waals surface area contributed by atoms with Gasteiger partial charge in [0.05, 0.1) is 5.69 Å². The number of aromatic nitrogens is 1. The number of para-hydroxylation sites is 1. The largest absolute Gasteiger partial charge is 0.488 e. The van der Waals surface area contributed by atoms with Crippen molar-refractivity contribution in [3.05, 3.63) is 53.3 Å². The van der Waals surface area contributed by atoms with E-state index in [0.29, 0.717) is 13.2 Å². The molecule has 1 atom stereocenters. The van der Waals surface area contributed by atoms with Crippen molar-refractivity contribution in [2.75, 3.05) is 6.61 Å². The van der Waals surface area contributed by atoms with Crippen molar-refractivity contribution < 1.29 is 9.47 Å². The zero-order chi connectivity index (χ0) is 13.9. The normalized spacial score (nSPS) is 16.6. The monoisotopic (exact) mass is 270 g/mol. The number of nitrogens with two attached hydrogens (primary N) is 1. The first-order chi connectivity index (χ1) is 9.76. The van der Waals surface area contributed by atoms with E-state index in [4.69, 9.17) is 15.2 Å². The van der Waals surface area contributed by atoms with Gasteiger partial charge in [-0.2, -0.15) is 0 Å². The van der Waals surface area contributed by atoms with Gasteiger partial charge < -0.3 is 15.2 Å². The Morgan fingerprint density at radius 3 is 2.95 bits per heavy atom. The molecule has 0 fully saturated rings. The predicted octanol–water partition coefficient (Wildman–Crippen LogP) is 2.23. The summed E-state index contributed by atoms with van der Waals surface area (Å²) >= 11 is 0. The molecule has 2 aromatic rings. The maximum absolute atomic E-state index is 5.85. The number of nitrogens with zero attached hydrogens (tertiary/aromatic N) is 1. The summed E-state index contributed by atoms with van der Waals surface area (Å²) in [6, 6.07) is 12.0. The van der Waals surface area contributed by atoms with Crippen molar-refractivity contribution in [3.8, 4) is 11.5 Å². The van der Waals surface area contributed by atoms with Gasteiger partial charge in [-0.1, -0.05) is 18.2 Å². The molecule has 1 unspecified atom stereocenters. The van der Waals surface area contributed by atoms with Gasteiger partial charge in [-0.05, 0) is 30.7 Å². The first-order valence-corrected chi connectivity index (χ1v) is 6.80. The van der Waals surface area contributed by atoms with Gasteiger partial charge >= 0.3 is 0 Å². The Bertz CT molecular complexity index is 588. The van der Waals surface area contributed by atoms with Gasteiger partial charge in [0, 0.05) is 18.7 Å². The highest BCUT2D eigenvalue weighted by atomic mass is 16.5. The Hall–Kier alpha value is -2.07. The number of pyridine rings is 1. The van der Waals surface area contributed by atoms with Gasteiger partial charge in [0.25, 0.3) is 0 Å². The summed E-state index contributed by atoms with van der Waals surface area (Å²) < 4.78 is 11.7. The third kappa shape index (κ3) is 2.60. The molecule has 4 nitrogen and oxygen atoms in total. The number of benzene rings is 1. The highest BCUT2D eigenvalue weighted by Gasteiger charge is 2.23. The molecule has 0 spiro atoms. The maximum Gasteiger partial charge on any atom is 0.142 e. The molecule has 0 radical (unpaired) electrons. The molecular weight excluding hydrogens is 252 g/mol. The van der Waals surface area contributed by atoms with Crippen LogP contribution in [0.2, 0.25) is 0 Å². The molecular formula is C16H18N2O2. The Morgan fingerprint density at radius 1 is 1.30 bits per heavy atom. The lowest BCUT2D eigenvalue weighted by Crippen LogP contribution is -2.23. The minimum absolute atomic E-state index is 0.0549. The van der Waals surface area contributed by atoms with Crippen LogP contribution < -0.4 is 15.2 Å². The average molecular weight is 270 g/mol. The van der Waals surface area contributed by atoms with Crippen molar-refractivity contribution in [2.45, 2.75) is 26.0 Å². The Morgan fingerprint density at radius 2 is 2.15 bits per heavy atom. The van der Waals surface area contributed by atoms with Crippen molar-refractivity contribution in [2.24, 2.45) is 5.73 Å². The second kappa shape index (κ2) is 5.51. The van der Waals surface area contributed by atoms with Crippen LogP contribution in [0.3, 0.4) is 0 Å². The van der Waals surface area contributed by atoms with E-state index in [9.17, 15) is 0 Å². The highest BCUT2D eigenvalue weighted by molar-refractivity contribution is 5.37. The molecule has 0 amide bonds. The number of hydrogen-bond donors (Lipinski definition) is 1. The fraction of sp³-hybridized carbons (Fsp3) is 0.312. The lowest BCUT2D eigenvalue weighted by atomic mass is 10.1. The molecule has 2 N–H and O–H groups in total. The Kier molecular flexibility index (Phi) is 3.56. The molecule has 1 aromatic heterocycles. The van der Waals surface area contributed by atoms with E-state index >= 15 is 0 Å². The standard InChI is InChI=1S/C16H18N2O2/c1-11-6-7-16(14(9-17)18-11)19-10-13-8-12-4-2-3-5-15(12)20-13/h2-7,13H,8-10,17H2,1H3. The minimum atomic E-state index is 0.0549. The third-order valence-corrected chi connectivity index (χ3v) is 3.40. The van der Waals surface area contributed by atoms with Crippen LogP contribution in [0.15, 0.2) is 36.4 Å². The van der Waals surface area contributed by atoms with Crippen LogP contribution in [-0.2, 0) is 13.0 Å². The fourth-order valence-electron chi connectivity index (χ4n) is 2.40. The summed E-state index contributed by atoms with van der Waals surface area (Å²) in [5.41, 5.74) is 8.68. The second-order valence-electron chi connectivity index (χ2n) is 4.96. The summed E-state index contributed by atoms with van der Waals surface area (Å²) in [5, 5.41) is 0. The van der Waals surface area contributed by atoms with Crippen LogP contribution in [0.1, 0.15) is 17.0 Å². The first kappa shape index (κ1) is 12.9. The van der Waals surface area contributed by atoms with Crippen molar-refractivity contribution in [1.82, 2.24) is 4.98 Å². The molecule has 104 valence electrons. The van der Waals surface area contributed by atoms with Crippen LogP contribution in [0.5, 0.6) is 11.5 Å². The summed E-state index contributed by atoms with van der Waals surface area (Å²) in [4.78, 5) is 4.39. The van der Waals surface area contributed by atoms with E-state index in [1.807, 2.05) is 37.3 Å². The summed E-state index contributed by atoms with van der Waals surface area (Å²) in [6.07, 6.45) is 0.937. The second-order valence-corrected chi connectivity index (χ2v) is 4.96. The van der Waals surface area contributed by atoms with Gasteiger partial charge in [0.2, 0.25) is 0 Å². The summed E-state index contributed by atoms with van der Waals surface area (Å²) in [7, 11) is 0. The van der Waals surface area contributed by atoms with Gasteiger partial charge in [0.15, 0.2) is 0 Å². The smallest absolute Gasteiger partial charge is 0.142 e. The molecule has 20 heavy (non-hydrogen) atoms. The van der Waals surface area contributed by atoms with Gasteiger partial charge in [-0.15, -0.1) is 0 Å². The third-order valence-electron chi connectivity index (χ3n) is 3.40. The fourth-order valence-corrected chi connectivity index (χ4v) is 2.40. The molecule has 1 aliphatic rings. The molecule has 3 rings (SSSR count). The van der Waals surface area contributed by atoms with E-state index in [1.54, 1.807) is 0 Å². The zero-order valence-electron chi connectivity index (χ0n) is 11.5. The summed E-state index contributed by atoms with van der Waals surface area (Å²) in [6.45, 7) is 2.83. The van der Waals surface area contributed by atoms with Crippen LogP contribution in [0, 0.1) is 6.92 Å². The quantitative estimate of drug-likeness (QED) is 0.925. The molecule has 0 bridgehead atoms. The number of rotatable bonds is 4. The van der Waals surface area contributed by atoms with Crippen LogP contribution in [0.4, 0.5) is 0 Å². The maximum atomic E-state index is 5.85. The Labute approximate surface area is 118 Å². The van der Waals surface area contributed by atoms with E-state index in [-0.39, 0.29) is 6.10 Å². The minimum Gasteiger partial charge on any atom is -0.488 e. The van der Waals surface area contributed by atoms with Gasteiger partial charge in [-0.3, -0.25) is 4.98 Å². The molecule has 4 heteroatoms. The lowest BCUT2D eigenvalue weighted by molar-refractivity contribution is 0.147. The van der Waals surface area contributed by atoms with Gasteiger partial charge in [0.1, 0.15) is 24.2 Å².